The molecule has 7 heteroatoms. The number of hydrogen-bond acceptors (Lipinski definition) is 6. The highest BCUT2D eigenvalue weighted by Gasteiger charge is 2.40. The lowest BCUT2D eigenvalue weighted by molar-refractivity contribution is -0.197. The highest BCUT2D eigenvalue weighted by atomic mass is 16.7. The lowest BCUT2D eigenvalue weighted by atomic mass is 9.81. The molecule has 0 saturated carbocycles. The second kappa shape index (κ2) is 14.7. The van der Waals surface area contributed by atoms with Crippen LogP contribution in [0.25, 0.3) is 16.8 Å². The quantitative estimate of drug-likeness (QED) is 0.154. The van der Waals surface area contributed by atoms with Crippen LogP contribution in [0.5, 0.6) is 0 Å². The molecule has 0 unspecified atom stereocenters. The molecular formula is C46H51N3O4. The minimum atomic E-state index is -0.534. The third-order valence-corrected chi connectivity index (χ3v) is 11.5. The Kier molecular flexibility index (Phi) is 10.0. The minimum absolute atomic E-state index is 0.100. The Labute approximate surface area is 313 Å². The molecule has 3 aromatic carbocycles. The first kappa shape index (κ1) is 36.2. The summed E-state index contributed by atoms with van der Waals surface area (Å²) in [6.07, 6.45) is 20.7. The van der Waals surface area contributed by atoms with E-state index in [4.69, 9.17) is 4.84 Å². The molecule has 3 heterocycles. The predicted octanol–water partition coefficient (Wildman–Crippen LogP) is 10.2. The molecule has 1 fully saturated rings. The van der Waals surface area contributed by atoms with E-state index in [1.54, 1.807) is 0 Å². The number of carbonyl (C=O) groups is 3. The Morgan fingerprint density at radius 3 is 2.40 bits per heavy atom. The molecule has 0 aromatic heterocycles. The van der Waals surface area contributed by atoms with Gasteiger partial charge in [-0.1, -0.05) is 87.0 Å². The van der Waals surface area contributed by atoms with Crippen LogP contribution in [0.4, 0.5) is 5.69 Å². The summed E-state index contributed by atoms with van der Waals surface area (Å²) < 4.78 is 0. The first-order chi connectivity index (χ1) is 25.4. The average Bonchev–Trinajstić information content (AvgIpc) is 3.56. The number of unbranched alkanes of at least 4 members (excludes halogenated alkanes) is 2. The van der Waals surface area contributed by atoms with Gasteiger partial charge in [0, 0.05) is 55.0 Å². The zero-order chi connectivity index (χ0) is 37.3. The molecule has 0 N–H and O–H groups in total. The maximum Gasteiger partial charge on any atom is 0.333 e. The van der Waals surface area contributed by atoms with Crippen molar-refractivity contribution in [2.75, 3.05) is 11.9 Å². The molecule has 53 heavy (non-hydrogen) atoms. The zero-order valence-corrected chi connectivity index (χ0v) is 31.8. The van der Waals surface area contributed by atoms with Gasteiger partial charge >= 0.3 is 5.97 Å². The van der Waals surface area contributed by atoms with Gasteiger partial charge in [-0.15, -0.1) is 5.06 Å². The van der Waals surface area contributed by atoms with Gasteiger partial charge in [-0.3, -0.25) is 9.59 Å². The first-order valence-corrected chi connectivity index (χ1v) is 19.2. The Hall–Kier alpha value is -5.17. The first-order valence-electron chi connectivity index (χ1n) is 19.2. The van der Waals surface area contributed by atoms with E-state index in [0.29, 0.717) is 11.5 Å². The largest absolute Gasteiger partial charge is 0.347 e. The maximum absolute atomic E-state index is 12.3. The summed E-state index contributed by atoms with van der Waals surface area (Å²) >= 11 is 0. The van der Waals surface area contributed by atoms with Crippen LogP contribution in [-0.4, -0.2) is 34.8 Å². The van der Waals surface area contributed by atoms with Gasteiger partial charge < -0.3 is 14.6 Å². The molecule has 1 saturated heterocycles. The lowest BCUT2D eigenvalue weighted by Gasteiger charge is -2.44. The van der Waals surface area contributed by atoms with Gasteiger partial charge in [0.1, 0.15) is 0 Å². The number of anilines is 1. The van der Waals surface area contributed by atoms with Crippen LogP contribution in [0, 0.1) is 0 Å². The Morgan fingerprint density at radius 1 is 0.830 bits per heavy atom. The third-order valence-electron chi connectivity index (χ3n) is 11.5. The summed E-state index contributed by atoms with van der Waals surface area (Å²) in [7, 11) is 2.19. The van der Waals surface area contributed by atoms with Crippen LogP contribution < -0.4 is 4.90 Å². The Morgan fingerprint density at radius 2 is 1.58 bits per heavy atom. The number of rotatable bonds is 10. The summed E-state index contributed by atoms with van der Waals surface area (Å²) in [6.45, 7) is 9.26. The molecule has 0 bridgehead atoms. The van der Waals surface area contributed by atoms with Crippen molar-refractivity contribution in [1.29, 1.82) is 0 Å². The average molecular weight is 710 g/mol. The van der Waals surface area contributed by atoms with Gasteiger partial charge in [0.25, 0.3) is 11.8 Å². The Balaban J connectivity index is 1.05. The molecular weight excluding hydrogens is 659 g/mol. The van der Waals surface area contributed by atoms with Crippen molar-refractivity contribution in [2.24, 2.45) is 0 Å². The van der Waals surface area contributed by atoms with Crippen LogP contribution in [-0.2, 0) is 30.2 Å². The van der Waals surface area contributed by atoms with E-state index in [2.05, 4.69) is 142 Å². The van der Waals surface area contributed by atoms with E-state index in [-0.39, 0.29) is 30.2 Å². The number of allylic oxidation sites excluding steroid dienone is 8. The van der Waals surface area contributed by atoms with Crippen molar-refractivity contribution in [3.63, 3.8) is 0 Å². The van der Waals surface area contributed by atoms with E-state index in [1.807, 2.05) is 0 Å². The fourth-order valence-corrected chi connectivity index (χ4v) is 8.64. The van der Waals surface area contributed by atoms with Gasteiger partial charge in [0.05, 0.1) is 5.54 Å². The van der Waals surface area contributed by atoms with Crippen molar-refractivity contribution in [2.45, 2.75) is 103 Å². The van der Waals surface area contributed by atoms with Crippen molar-refractivity contribution in [1.82, 2.24) is 9.96 Å². The molecule has 3 aromatic rings. The number of likely N-dealkylation sites (N-methyl/N-ethyl adjacent to an activating group) is 1. The zero-order valence-electron chi connectivity index (χ0n) is 31.8. The van der Waals surface area contributed by atoms with Crippen molar-refractivity contribution in [3.8, 4) is 0 Å². The van der Waals surface area contributed by atoms with E-state index < -0.39 is 17.8 Å². The van der Waals surface area contributed by atoms with E-state index >= 15 is 0 Å². The van der Waals surface area contributed by atoms with Gasteiger partial charge in [0.15, 0.2) is 0 Å². The summed E-state index contributed by atoms with van der Waals surface area (Å²) in [4.78, 5) is 45.7. The SMILES string of the molecule is CN1C(=CC=C2C=C(C=CN3C(CCCCCC(=O)ON4C(=O)CCC4=O)=Cc4ccccc4C3(C)C)CCC2)C(C)(C)c2c1ccc1ccccc21. The number of imide groups is 1. The fourth-order valence-electron chi connectivity index (χ4n) is 8.64. The third kappa shape index (κ3) is 7.14. The van der Waals surface area contributed by atoms with Gasteiger partial charge in [-0.2, -0.15) is 0 Å². The van der Waals surface area contributed by atoms with E-state index in [9.17, 15) is 14.4 Å². The van der Waals surface area contributed by atoms with Crippen molar-refractivity contribution >= 4 is 40.3 Å². The highest BCUT2D eigenvalue weighted by molar-refractivity contribution is 6.01. The Bertz CT molecular complexity index is 2100. The molecule has 7 rings (SSSR count). The molecule has 7 nitrogen and oxygen atoms in total. The standard InChI is InChI=1S/C46H51N3O4/c1-45(2)40(47(5)39-24-23-34-16-9-11-19-37(34)44(39)45)25-22-32-14-13-15-33(30-32)28-29-48-36(31-35-17-10-12-20-38(35)46(48,3)4)18-7-6-8-21-43(52)53-49-41(50)26-27-42(49)51/h9-12,16-17,19-20,22-25,28-31H,6-8,13-15,18,21,26-27H2,1-5H3. The second-order valence-corrected chi connectivity index (χ2v) is 15.8. The molecule has 0 spiro atoms. The number of carbonyl (C=O) groups excluding carboxylic acids is 3. The fraction of sp³-hybridized carbons (Fsp3) is 0.370. The smallest absolute Gasteiger partial charge is 0.333 e. The molecule has 2 amide bonds. The van der Waals surface area contributed by atoms with Gasteiger partial charge in [-0.25, -0.2) is 4.79 Å². The van der Waals surface area contributed by atoms with E-state index in [1.165, 1.54) is 55.7 Å². The summed E-state index contributed by atoms with van der Waals surface area (Å²) in [5.41, 5.74) is 10.1. The lowest BCUT2D eigenvalue weighted by Crippen LogP contribution is -2.40. The summed E-state index contributed by atoms with van der Waals surface area (Å²) in [6, 6.07) is 21.8. The van der Waals surface area contributed by atoms with Crippen LogP contribution in [0.2, 0.25) is 0 Å². The summed E-state index contributed by atoms with van der Waals surface area (Å²) in [5.74, 6) is -1.43. The molecule has 1 aliphatic carbocycles. The predicted molar refractivity (Wildman–Crippen MR) is 212 cm³/mol. The van der Waals surface area contributed by atoms with Crippen molar-refractivity contribution < 1.29 is 19.2 Å². The van der Waals surface area contributed by atoms with Crippen LogP contribution >= 0.6 is 0 Å². The number of hydroxylamine groups is 2. The minimum Gasteiger partial charge on any atom is -0.347 e. The van der Waals surface area contributed by atoms with Crippen LogP contribution in [0.15, 0.2) is 114 Å². The monoisotopic (exact) mass is 709 g/mol. The molecule has 0 atom stereocenters. The number of benzene rings is 3. The maximum atomic E-state index is 12.3. The molecule has 3 aliphatic heterocycles. The number of fused-ring (bicyclic) bond motifs is 4. The van der Waals surface area contributed by atoms with Gasteiger partial charge in [-0.05, 0) is 115 Å². The normalized spacial score (nSPS) is 20.7. The molecule has 274 valence electrons. The van der Waals surface area contributed by atoms with Crippen LogP contribution in [0.1, 0.15) is 109 Å². The second-order valence-electron chi connectivity index (χ2n) is 15.8. The number of nitrogens with zero attached hydrogens (tertiary/aromatic N) is 3. The van der Waals surface area contributed by atoms with Gasteiger partial charge in [0.2, 0.25) is 0 Å². The molecule has 4 aliphatic rings. The summed E-state index contributed by atoms with van der Waals surface area (Å²) in [5, 5.41) is 3.24. The number of hydrogen-bond donors (Lipinski definition) is 0. The number of amides is 2. The highest BCUT2D eigenvalue weighted by Crippen LogP contribution is 2.50. The topological polar surface area (TPSA) is 70.2 Å². The molecule has 0 radical (unpaired) electrons. The van der Waals surface area contributed by atoms with E-state index in [0.717, 1.165) is 38.5 Å². The van der Waals surface area contributed by atoms with Crippen molar-refractivity contribution in [3.05, 3.63) is 130 Å². The van der Waals surface area contributed by atoms with Crippen LogP contribution in [0.3, 0.4) is 0 Å².